The Balaban J connectivity index is 0.000000116. The zero-order chi connectivity index (χ0) is 15.3. The number of carboxylic acids is 3. The quantitative estimate of drug-likeness (QED) is 0.549. The van der Waals surface area contributed by atoms with Crippen LogP contribution in [0.3, 0.4) is 0 Å². The van der Waals surface area contributed by atoms with Crippen molar-refractivity contribution in [3.63, 3.8) is 0 Å². The van der Waals surface area contributed by atoms with Gasteiger partial charge in [0.05, 0.1) is 12.8 Å². The zero-order valence-corrected chi connectivity index (χ0v) is 11.0. The first-order valence-corrected chi connectivity index (χ1v) is 7.17. The lowest BCUT2D eigenvalue weighted by atomic mass is 9.01. The Labute approximate surface area is 119 Å². The number of hydrogen-bond acceptors (Lipinski definition) is 4. The van der Waals surface area contributed by atoms with Crippen LogP contribution in [0.25, 0.3) is 0 Å². The maximum Gasteiger partial charge on any atom is 0.336 e. The molecule has 6 aliphatic rings. The van der Waals surface area contributed by atoms with Gasteiger partial charge in [0, 0.05) is 0 Å². The van der Waals surface area contributed by atoms with Crippen molar-refractivity contribution in [3.8, 4) is 0 Å². The van der Waals surface area contributed by atoms with E-state index in [1.165, 1.54) is 47.3 Å². The van der Waals surface area contributed by atoms with Gasteiger partial charge in [-0.25, -0.2) is 4.79 Å². The third kappa shape index (κ3) is 1.27. The van der Waals surface area contributed by atoms with E-state index in [0.29, 0.717) is 0 Å². The van der Waals surface area contributed by atoms with Gasteiger partial charge in [0.25, 0.3) is 0 Å². The molecule has 0 amide bonds. The molecule has 6 fully saturated rings. The van der Waals surface area contributed by atoms with E-state index in [2.05, 4.69) is 0 Å². The predicted molar refractivity (Wildman–Crippen MR) is 65.0 cm³/mol. The van der Waals surface area contributed by atoms with Gasteiger partial charge < -0.3 is 20.4 Å². The average molecular weight is 296 g/mol. The second-order valence-electron chi connectivity index (χ2n) is 7.10. The maximum atomic E-state index is 10.3. The van der Waals surface area contributed by atoms with Gasteiger partial charge in [-0.05, 0) is 47.3 Å². The lowest BCUT2D eigenvalue weighted by Crippen LogP contribution is -3.00. The molecular formula is C14H16O7. The molecule has 114 valence electrons. The molecule has 0 unspecified atom stereocenters. The first-order valence-electron chi connectivity index (χ1n) is 7.17. The van der Waals surface area contributed by atoms with Crippen LogP contribution in [-0.4, -0.2) is 43.9 Å². The summed E-state index contributed by atoms with van der Waals surface area (Å²) >= 11 is 0. The van der Waals surface area contributed by atoms with E-state index < -0.39 is 36.4 Å². The first kappa shape index (κ1) is 13.1. The van der Waals surface area contributed by atoms with Gasteiger partial charge in [0.1, 0.15) is 0 Å². The van der Waals surface area contributed by atoms with Crippen molar-refractivity contribution >= 4 is 17.9 Å². The molecule has 0 aromatic heterocycles. The molecule has 0 spiro atoms. The Kier molecular flexibility index (Phi) is 2.22. The number of rotatable bonds is 5. The van der Waals surface area contributed by atoms with Gasteiger partial charge in [-0.3, -0.25) is 9.59 Å². The van der Waals surface area contributed by atoms with Crippen LogP contribution in [0.5, 0.6) is 0 Å². The van der Waals surface area contributed by atoms with Crippen LogP contribution in [0.1, 0.15) is 12.8 Å². The smallest absolute Gasteiger partial charge is 0.336 e. The summed E-state index contributed by atoms with van der Waals surface area (Å²) in [5.74, 6) is 5.65. The molecule has 0 aromatic carbocycles. The molecule has 6 aliphatic carbocycles. The number of carboxylic acid groups (broad SMARTS) is 3. The van der Waals surface area contributed by atoms with E-state index in [9.17, 15) is 14.4 Å². The van der Waals surface area contributed by atoms with E-state index in [1.807, 2.05) is 0 Å². The molecule has 0 saturated heterocycles. The third-order valence-electron chi connectivity index (χ3n) is 6.62. The van der Waals surface area contributed by atoms with E-state index in [0.717, 1.165) is 0 Å². The molecule has 7 nitrogen and oxygen atoms in total. The monoisotopic (exact) mass is 296 g/mol. The van der Waals surface area contributed by atoms with E-state index in [-0.39, 0.29) is 0 Å². The van der Waals surface area contributed by atoms with Crippen molar-refractivity contribution < 1.29 is 34.8 Å². The van der Waals surface area contributed by atoms with E-state index in [4.69, 9.17) is 20.4 Å². The van der Waals surface area contributed by atoms with Crippen molar-refractivity contribution in [1.29, 1.82) is 0 Å². The van der Waals surface area contributed by atoms with Crippen molar-refractivity contribution in [2.24, 2.45) is 47.3 Å². The van der Waals surface area contributed by atoms with Gasteiger partial charge >= 0.3 is 17.9 Å². The minimum Gasteiger partial charge on any atom is -0.481 e. The van der Waals surface area contributed by atoms with Crippen molar-refractivity contribution in [2.75, 3.05) is 0 Å². The Morgan fingerprint density at radius 1 is 0.667 bits per heavy atom. The zero-order valence-electron chi connectivity index (χ0n) is 11.0. The Hall–Kier alpha value is -1.63. The summed E-state index contributed by atoms with van der Waals surface area (Å²) < 4.78 is 0. The lowest BCUT2D eigenvalue weighted by molar-refractivity contribution is -0.565. The molecule has 0 atom stereocenters. The molecule has 0 heterocycles. The number of carbonyl (C=O) groups is 3. The molecule has 6 saturated carbocycles. The number of aliphatic carboxylic acids is 3. The molecule has 4 N–H and O–H groups in total. The first-order chi connectivity index (χ1) is 9.78. The van der Waals surface area contributed by atoms with Gasteiger partial charge in [0.15, 0.2) is 5.60 Å². The lowest BCUT2D eigenvalue weighted by Gasteiger charge is -3.03. The summed E-state index contributed by atoms with van der Waals surface area (Å²) in [5, 5.41) is 33.8. The molecule has 0 aromatic rings. The second-order valence-corrected chi connectivity index (χ2v) is 7.10. The standard InChI is InChI=1S/C8H8.C6H8O7/c1-2-5-3(1)7-4(1)6(2)8(5)7;7-3(8)1-6(13,5(11)12)2-4(9)10/h1-8H;13H,1-2H2,(H,7,8)(H,9,10)(H,11,12). The van der Waals surface area contributed by atoms with Crippen LogP contribution in [-0.2, 0) is 14.4 Å². The van der Waals surface area contributed by atoms with Crippen LogP contribution >= 0.6 is 0 Å². The Morgan fingerprint density at radius 2 is 0.905 bits per heavy atom. The van der Waals surface area contributed by atoms with Gasteiger partial charge in [-0.2, -0.15) is 0 Å². The fourth-order valence-electron chi connectivity index (χ4n) is 6.00. The summed E-state index contributed by atoms with van der Waals surface area (Å²) in [6, 6.07) is 0. The summed E-state index contributed by atoms with van der Waals surface area (Å²) in [7, 11) is 0. The van der Waals surface area contributed by atoms with E-state index >= 15 is 0 Å². The average Bonchev–Trinajstić information content (AvgIpc) is 2.38. The molecule has 0 radical (unpaired) electrons. The molecule has 21 heavy (non-hydrogen) atoms. The maximum absolute atomic E-state index is 10.3. The molecule has 6 rings (SSSR count). The highest BCUT2D eigenvalue weighted by molar-refractivity contribution is 5.88. The predicted octanol–water partition coefficient (Wildman–Crippen LogP) is -0.264. The fraction of sp³-hybridized carbons (Fsp3) is 0.786. The molecular weight excluding hydrogens is 280 g/mol. The van der Waals surface area contributed by atoms with E-state index in [1.54, 1.807) is 0 Å². The Bertz CT molecular complexity index is 444. The van der Waals surface area contributed by atoms with Gasteiger partial charge in [0.2, 0.25) is 0 Å². The number of hydrogen-bond donors (Lipinski definition) is 4. The topological polar surface area (TPSA) is 132 Å². The van der Waals surface area contributed by atoms with Crippen molar-refractivity contribution in [3.05, 3.63) is 0 Å². The highest BCUT2D eigenvalue weighted by Gasteiger charge is 2.97. The minimum atomic E-state index is -2.74. The highest BCUT2D eigenvalue weighted by Crippen LogP contribution is 3.00. The van der Waals surface area contributed by atoms with Crippen LogP contribution in [0.2, 0.25) is 0 Å². The summed E-state index contributed by atoms with van der Waals surface area (Å²) in [5.41, 5.74) is -2.74. The van der Waals surface area contributed by atoms with Gasteiger partial charge in [-0.15, -0.1) is 0 Å². The van der Waals surface area contributed by atoms with Crippen LogP contribution in [0.4, 0.5) is 0 Å². The summed E-state index contributed by atoms with van der Waals surface area (Å²) in [4.78, 5) is 30.5. The minimum absolute atomic E-state index is 1.14. The van der Waals surface area contributed by atoms with Crippen LogP contribution in [0.15, 0.2) is 0 Å². The highest BCUT2D eigenvalue weighted by atomic mass is 16.4. The van der Waals surface area contributed by atoms with Crippen LogP contribution in [0, 0.1) is 47.3 Å². The molecule has 7 heteroatoms. The molecule has 0 bridgehead atoms. The number of aliphatic hydroxyl groups is 1. The summed E-state index contributed by atoms with van der Waals surface area (Å²) in [6.07, 6.45) is -2.29. The SMILES string of the molecule is C12C3C4C1C1C2C3C41.O=C(O)CC(O)(CC(=O)O)C(=O)O. The molecule has 0 aliphatic heterocycles. The largest absolute Gasteiger partial charge is 0.481 e. The van der Waals surface area contributed by atoms with Gasteiger partial charge in [-0.1, -0.05) is 0 Å². The third-order valence-corrected chi connectivity index (χ3v) is 6.62. The van der Waals surface area contributed by atoms with Crippen molar-refractivity contribution in [2.45, 2.75) is 18.4 Å². The second kappa shape index (κ2) is 3.58. The summed E-state index contributed by atoms with van der Waals surface area (Å²) in [6.45, 7) is 0. The van der Waals surface area contributed by atoms with Crippen LogP contribution < -0.4 is 0 Å². The normalized spacial score (nSPS) is 47.9. The Morgan fingerprint density at radius 3 is 1.05 bits per heavy atom. The fourth-order valence-corrected chi connectivity index (χ4v) is 6.00. The van der Waals surface area contributed by atoms with Crippen molar-refractivity contribution in [1.82, 2.24) is 0 Å².